The van der Waals surface area contributed by atoms with Crippen molar-refractivity contribution in [2.45, 2.75) is 18.9 Å². The Hall–Kier alpha value is 0.420. The van der Waals surface area contributed by atoms with Gasteiger partial charge >= 0.3 is 0 Å². The molecule has 6 heteroatoms. The summed E-state index contributed by atoms with van der Waals surface area (Å²) in [4.78, 5) is 0. The van der Waals surface area contributed by atoms with Crippen LogP contribution < -0.4 is 5.32 Å². The third-order valence-electron chi connectivity index (χ3n) is 2.74. The minimum absolute atomic E-state index is 0.179. The number of halogens is 2. The fourth-order valence-corrected chi connectivity index (χ4v) is 2.15. The molecule has 4 nitrogen and oxygen atoms in total. The maximum atomic E-state index is 5.92. The van der Waals surface area contributed by atoms with E-state index in [1.54, 1.807) is 7.11 Å². The topological polar surface area (TPSA) is 39.7 Å². The fraction of sp³-hybridized carbons (Fsp3) is 1.00. The van der Waals surface area contributed by atoms with Crippen molar-refractivity contribution in [2.24, 2.45) is 0 Å². The second kappa shape index (κ2) is 12.5. The summed E-state index contributed by atoms with van der Waals surface area (Å²) in [7, 11) is 1.65. The van der Waals surface area contributed by atoms with Gasteiger partial charge < -0.3 is 19.5 Å². The van der Waals surface area contributed by atoms with Gasteiger partial charge in [0.05, 0.1) is 33.0 Å². The van der Waals surface area contributed by atoms with Gasteiger partial charge in [-0.15, -0.1) is 23.2 Å². The molecule has 1 N–H and O–H groups in total. The second-order valence-corrected chi connectivity index (χ2v) is 4.58. The van der Waals surface area contributed by atoms with E-state index < -0.39 is 0 Å². The maximum absolute atomic E-state index is 5.92. The third kappa shape index (κ3) is 8.51. The van der Waals surface area contributed by atoms with E-state index >= 15 is 0 Å². The molecule has 0 rings (SSSR count). The molecule has 0 unspecified atom stereocenters. The van der Waals surface area contributed by atoms with E-state index in [0.29, 0.717) is 44.8 Å². The molecule has 18 heavy (non-hydrogen) atoms. The zero-order valence-electron chi connectivity index (χ0n) is 11.3. The Balaban J connectivity index is 3.38. The fourth-order valence-electron chi connectivity index (χ4n) is 1.30. The lowest BCUT2D eigenvalue weighted by Gasteiger charge is -2.29. The Kier molecular flexibility index (Phi) is 12.7. The number of alkyl halides is 2. The largest absolute Gasteiger partial charge is 0.382 e. The van der Waals surface area contributed by atoms with Gasteiger partial charge in [-0.2, -0.15) is 0 Å². The first-order chi connectivity index (χ1) is 8.74. The summed E-state index contributed by atoms with van der Waals surface area (Å²) >= 11 is 11.8. The van der Waals surface area contributed by atoms with E-state index in [4.69, 9.17) is 37.4 Å². The van der Waals surface area contributed by atoms with Gasteiger partial charge in [-0.3, -0.25) is 0 Å². The number of methoxy groups -OCH3 is 1. The molecule has 0 aliphatic carbocycles. The highest BCUT2D eigenvalue weighted by Gasteiger charge is 2.24. The number of rotatable bonds is 13. The SMILES string of the molecule is CCC(CCl)(CCl)NCCOCCOCCOC. The second-order valence-electron chi connectivity index (χ2n) is 4.05. The van der Waals surface area contributed by atoms with Gasteiger partial charge in [0.15, 0.2) is 0 Å². The molecule has 0 aromatic rings. The Morgan fingerprint density at radius 2 is 1.50 bits per heavy atom. The molecule has 0 saturated heterocycles. The van der Waals surface area contributed by atoms with Crippen molar-refractivity contribution in [1.82, 2.24) is 5.32 Å². The van der Waals surface area contributed by atoms with Crippen LogP contribution in [-0.4, -0.2) is 64.0 Å². The van der Waals surface area contributed by atoms with E-state index in [1.807, 2.05) is 0 Å². The minimum atomic E-state index is -0.179. The average Bonchev–Trinajstić information content (AvgIpc) is 2.42. The summed E-state index contributed by atoms with van der Waals surface area (Å²) in [5.74, 6) is 1.01. The van der Waals surface area contributed by atoms with Gasteiger partial charge in [-0.25, -0.2) is 0 Å². The van der Waals surface area contributed by atoms with Crippen LogP contribution in [0.5, 0.6) is 0 Å². The highest BCUT2D eigenvalue weighted by Crippen LogP contribution is 2.14. The third-order valence-corrected chi connectivity index (χ3v) is 3.76. The molecule has 110 valence electrons. The molecule has 0 aromatic carbocycles. The summed E-state index contributed by atoms with van der Waals surface area (Å²) in [6.45, 7) is 5.85. The van der Waals surface area contributed by atoms with Gasteiger partial charge in [0.25, 0.3) is 0 Å². The van der Waals surface area contributed by atoms with Crippen LogP contribution in [0.2, 0.25) is 0 Å². The van der Waals surface area contributed by atoms with Crippen LogP contribution in [0.1, 0.15) is 13.3 Å². The van der Waals surface area contributed by atoms with Gasteiger partial charge in [0, 0.05) is 31.0 Å². The number of hydrogen-bond acceptors (Lipinski definition) is 4. The Labute approximate surface area is 120 Å². The van der Waals surface area contributed by atoms with Gasteiger partial charge in [0.2, 0.25) is 0 Å². The van der Waals surface area contributed by atoms with Gasteiger partial charge in [-0.1, -0.05) is 6.92 Å². The van der Waals surface area contributed by atoms with E-state index in [2.05, 4.69) is 12.2 Å². The molecular weight excluding hydrogens is 277 g/mol. The molecular formula is C12H25Cl2NO3. The van der Waals surface area contributed by atoms with Crippen LogP contribution in [-0.2, 0) is 14.2 Å². The van der Waals surface area contributed by atoms with Crippen LogP contribution >= 0.6 is 23.2 Å². The molecule has 0 aromatic heterocycles. The highest BCUT2D eigenvalue weighted by molar-refractivity contribution is 6.22. The number of hydrogen-bond donors (Lipinski definition) is 1. The first-order valence-corrected chi connectivity index (χ1v) is 7.33. The molecule has 0 saturated carbocycles. The zero-order valence-corrected chi connectivity index (χ0v) is 12.9. The number of nitrogens with one attached hydrogen (secondary N) is 1. The summed E-state index contributed by atoms with van der Waals surface area (Å²) in [5, 5.41) is 3.34. The van der Waals surface area contributed by atoms with E-state index in [-0.39, 0.29) is 5.54 Å². The van der Waals surface area contributed by atoms with E-state index in [0.717, 1.165) is 13.0 Å². The number of ether oxygens (including phenoxy) is 3. The normalized spacial score (nSPS) is 12.0. The average molecular weight is 302 g/mol. The van der Waals surface area contributed by atoms with Crippen LogP contribution in [0.15, 0.2) is 0 Å². The Bertz CT molecular complexity index is 172. The monoisotopic (exact) mass is 301 g/mol. The first-order valence-electron chi connectivity index (χ1n) is 6.26. The van der Waals surface area contributed by atoms with Gasteiger partial charge in [-0.05, 0) is 6.42 Å². The predicted molar refractivity (Wildman–Crippen MR) is 76.0 cm³/mol. The van der Waals surface area contributed by atoms with Crippen LogP contribution in [0, 0.1) is 0 Å². The van der Waals surface area contributed by atoms with Crippen LogP contribution in [0.3, 0.4) is 0 Å². The summed E-state index contributed by atoms with van der Waals surface area (Å²) in [6, 6.07) is 0. The van der Waals surface area contributed by atoms with Crippen molar-refractivity contribution < 1.29 is 14.2 Å². The standard InChI is InChI=1S/C12H25Cl2NO3/c1-3-12(10-13,11-14)15-4-5-17-8-9-18-7-6-16-2/h15H,3-11H2,1-2H3. The predicted octanol–water partition coefficient (Wildman–Crippen LogP) is 1.88. The summed E-state index contributed by atoms with van der Waals surface area (Å²) < 4.78 is 15.6. The smallest absolute Gasteiger partial charge is 0.0701 e. The lowest BCUT2D eigenvalue weighted by atomic mass is 10.0. The maximum Gasteiger partial charge on any atom is 0.0701 e. The van der Waals surface area contributed by atoms with Crippen LogP contribution in [0.25, 0.3) is 0 Å². The minimum Gasteiger partial charge on any atom is -0.382 e. The van der Waals surface area contributed by atoms with E-state index in [9.17, 15) is 0 Å². The Morgan fingerprint density at radius 3 is 2.00 bits per heavy atom. The van der Waals surface area contributed by atoms with Crippen molar-refractivity contribution in [3.63, 3.8) is 0 Å². The molecule has 0 fully saturated rings. The first kappa shape index (κ1) is 18.4. The van der Waals surface area contributed by atoms with Crippen molar-refractivity contribution in [2.75, 3.05) is 58.4 Å². The molecule has 0 atom stereocenters. The van der Waals surface area contributed by atoms with Crippen LogP contribution in [0.4, 0.5) is 0 Å². The molecule has 0 spiro atoms. The van der Waals surface area contributed by atoms with Crippen molar-refractivity contribution in [3.05, 3.63) is 0 Å². The van der Waals surface area contributed by atoms with Gasteiger partial charge in [0.1, 0.15) is 0 Å². The van der Waals surface area contributed by atoms with Crippen molar-refractivity contribution >= 4 is 23.2 Å². The molecule has 0 bridgehead atoms. The molecule has 0 aliphatic rings. The Morgan fingerprint density at radius 1 is 0.944 bits per heavy atom. The quantitative estimate of drug-likeness (QED) is 0.416. The van der Waals surface area contributed by atoms with E-state index in [1.165, 1.54) is 0 Å². The molecule has 0 heterocycles. The molecule has 0 radical (unpaired) electrons. The molecule has 0 aliphatic heterocycles. The lowest BCUT2D eigenvalue weighted by Crippen LogP contribution is -2.49. The zero-order chi connectivity index (χ0) is 13.7. The van der Waals surface area contributed by atoms with Crippen molar-refractivity contribution in [1.29, 1.82) is 0 Å². The summed E-state index contributed by atoms with van der Waals surface area (Å²) in [5.41, 5.74) is -0.179. The lowest BCUT2D eigenvalue weighted by molar-refractivity contribution is 0.0247. The highest BCUT2D eigenvalue weighted by atomic mass is 35.5. The summed E-state index contributed by atoms with van der Waals surface area (Å²) in [6.07, 6.45) is 0.903. The molecule has 0 amide bonds. The van der Waals surface area contributed by atoms with Crippen molar-refractivity contribution in [3.8, 4) is 0 Å².